The maximum Gasteiger partial charge on any atom is 0.150 e. The second-order valence-corrected chi connectivity index (χ2v) is 3.76. The Labute approximate surface area is 93.0 Å². The van der Waals surface area contributed by atoms with Gasteiger partial charge in [0, 0.05) is 5.69 Å². The second-order valence-electron chi connectivity index (χ2n) is 2.94. The Morgan fingerprint density at radius 3 is 2.67 bits per heavy atom. The predicted octanol–water partition coefficient (Wildman–Crippen LogP) is 2.94. The maximum absolute atomic E-state index is 4.38. The number of para-hydroxylation sites is 1. The summed E-state index contributed by atoms with van der Waals surface area (Å²) in [5.74, 6) is 0.771. The summed E-state index contributed by atoms with van der Waals surface area (Å²) < 4.78 is 0. The molecule has 1 aromatic carbocycles. The molecule has 0 saturated carbocycles. The highest BCUT2D eigenvalue weighted by Crippen LogP contribution is 2.16. The van der Waals surface area contributed by atoms with Crippen molar-refractivity contribution in [2.24, 2.45) is 0 Å². The summed E-state index contributed by atoms with van der Waals surface area (Å²) >= 11 is 1.58. The molecule has 15 heavy (non-hydrogen) atoms. The number of thioether (sulfide) groups is 1. The van der Waals surface area contributed by atoms with E-state index in [1.807, 2.05) is 36.6 Å². The van der Waals surface area contributed by atoms with Crippen LogP contribution in [-0.2, 0) is 0 Å². The lowest BCUT2D eigenvalue weighted by atomic mass is 10.3. The molecule has 0 atom stereocenters. The van der Waals surface area contributed by atoms with Crippen molar-refractivity contribution < 1.29 is 0 Å². The van der Waals surface area contributed by atoms with Gasteiger partial charge in [-0.25, -0.2) is 4.98 Å². The van der Waals surface area contributed by atoms with Crippen LogP contribution in [-0.4, -0.2) is 16.2 Å². The Morgan fingerprint density at radius 1 is 1.13 bits per heavy atom. The first-order valence-corrected chi connectivity index (χ1v) is 5.79. The molecule has 0 saturated heterocycles. The molecule has 2 rings (SSSR count). The van der Waals surface area contributed by atoms with E-state index in [9.17, 15) is 0 Å². The quantitative estimate of drug-likeness (QED) is 0.802. The molecule has 1 aromatic heterocycles. The van der Waals surface area contributed by atoms with E-state index in [-0.39, 0.29) is 0 Å². The average molecular weight is 217 g/mol. The Morgan fingerprint density at radius 2 is 1.93 bits per heavy atom. The van der Waals surface area contributed by atoms with Gasteiger partial charge in [0.05, 0.1) is 12.4 Å². The highest BCUT2D eigenvalue weighted by molar-refractivity contribution is 7.98. The fourth-order valence-corrected chi connectivity index (χ4v) is 1.53. The van der Waals surface area contributed by atoms with Gasteiger partial charge in [-0.05, 0) is 18.4 Å². The molecular weight excluding hydrogens is 206 g/mol. The van der Waals surface area contributed by atoms with Gasteiger partial charge >= 0.3 is 0 Å². The van der Waals surface area contributed by atoms with Gasteiger partial charge in [-0.15, -0.1) is 11.8 Å². The first-order chi connectivity index (χ1) is 7.38. The molecule has 0 unspecified atom stereocenters. The van der Waals surface area contributed by atoms with Crippen molar-refractivity contribution in [3.8, 4) is 0 Å². The van der Waals surface area contributed by atoms with Crippen molar-refractivity contribution in [2.75, 3.05) is 11.6 Å². The first kappa shape index (κ1) is 9.98. The van der Waals surface area contributed by atoms with Crippen LogP contribution in [0.5, 0.6) is 0 Å². The fourth-order valence-electron chi connectivity index (χ4n) is 1.18. The van der Waals surface area contributed by atoms with E-state index in [1.165, 1.54) is 0 Å². The monoisotopic (exact) mass is 217 g/mol. The molecule has 0 fully saturated rings. The Hall–Kier alpha value is -1.55. The lowest BCUT2D eigenvalue weighted by molar-refractivity contribution is 1.06. The average Bonchev–Trinajstić information content (AvgIpc) is 2.31. The van der Waals surface area contributed by atoms with E-state index in [0.29, 0.717) is 0 Å². The van der Waals surface area contributed by atoms with Crippen LogP contribution in [0, 0.1) is 0 Å². The van der Waals surface area contributed by atoms with Crippen molar-refractivity contribution in [1.82, 2.24) is 9.97 Å². The second kappa shape index (κ2) is 4.79. The summed E-state index contributed by atoms with van der Waals surface area (Å²) in [5.41, 5.74) is 1.02. The van der Waals surface area contributed by atoms with Gasteiger partial charge in [0.1, 0.15) is 10.8 Å². The van der Waals surface area contributed by atoms with E-state index < -0.39 is 0 Å². The third kappa shape index (κ3) is 2.70. The van der Waals surface area contributed by atoms with Crippen LogP contribution in [0.4, 0.5) is 11.5 Å². The number of aromatic nitrogens is 2. The lowest BCUT2D eigenvalue weighted by Gasteiger charge is -2.05. The Bertz CT molecular complexity index is 431. The first-order valence-electron chi connectivity index (χ1n) is 4.56. The summed E-state index contributed by atoms with van der Waals surface area (Å²) in [6, 6.07) is 9.93. The summed E-state index contributed by atoms with van der Waals surface area (Å²) in [6.45, 7) is 0. The topological polar surface area (TPSA) is 37.8 Å². The van der Waals surface area contributed by atoms with E-state index in [1.54, 1.807) is 24.2 Å². The standard InChI is InChI=1S/C11H11N3S/c1-15-11-8-12-7-10(14-11)13-9-5-3-2-4-6-9/h2-8H,1H3,(H,13,14). The van der Waals surface area contributed by atoms with Gasteiger partial charge in [0.2, 0.25) is 0 Å². The number of anilines is 2. The van der Waals surface area contributed by atoms with Crippen molar-refractivity contribution in [3.63, 3.8) is 0 Å². The minimum Gasteiger partial charge on any atom is -0.339 e. The van der Waals surface area contributed by atoms with Crippen LogP contribution in [0.1, 0.15) is 0 Å². The van der Waals surface area contributed by atoms with Crippen LogP contribution in [0.25, 0.3) is 0 Å². The maximum atomic E-state index is 4.38. The van der Waals surface area contributed by atoms with Gasteiger partial charge in [-0.3, -0.25) is 4.98 Å². The third-order valence-corrected chi connectivity index (χ3v) is 2.48. The molecule has 0 spiro atoms. The zero-order chi connectivity index (χ0) is 10.5. The minimum atomic E-state index is 0.771. The highest BCUT2D eigenvalue weighted by Gasteiger charge is 1.97. The summed E-state index contributed by atoms with van der Waals surface area (Å²) in [6.07, 6.45) is 5.45. The summed E-state index contributed by atoms with van der Waals surface area (Å²) in [4.78, 5) is 8.48. The minimum absolute atomic E-state index is 0.771. The number of hydrogen-bond acceptors (Lipinski definition) is 4. The molecule has 3 nitrogen and oxygen atoms in total. The molecule has 2 aromatic rings. The van der Waals surface area contributed by atoms with Crippen LogP contribution in [0.2, 0.25) is 0 Å². The Balaban J connectivity index is 2.17. The van der Waals surface area contributed by atoms with Crippen LogP contribution in [0.3, 0.4) is 0 Å². The van der Waals surface area contributed by atoms with Crippen molar-refractivity contribution in [1.29, 1.82) is 0 Å². The fraction of sp³-hybridized carbons (Fsp3) is 0.0909. The third-order valence-electron chi connectivity index (χ3n) is 1.87. The molecule has 0 aliphatic heterocycles. The van der Waals surface area contributed by atoms with Crippen molar-refractivity contribution in [2.45, 2.75) is 5.03 Å². The van der Waals surface area contributed by atoms with Crippen molar-refractivity contribution in [3.05, 3.63) is 42.7 Å². The van der Waals surface area contributed by atoms with Crippen LogP contribution >= 0.6 is 11.8 Å². The normalized spacial score (nSPS) is 9.93. The molecule has 0 radical (unpaired) electrons. The highest BCUT2D eigenvalue weighted by atomic mass is 32.2. The molecule has 4 heteroatoms. The van der Waals surface area contributed by atoms with E-state index >= 15 is 0 Å². The number of nitrogens with zero attached hydrogens (tertiary/aromatic N) is 2. The summed E-state index contributed by atoms with van der Waals surface area (Å²) in [5, 5.41) is 4.10. The van der Waals surface area contributed by atoms with Gasteiger partial charge in [0.15, 0.2) is 0 Å². The molecule has 1 N–H and O–H groups in total. The largest absolute Gasteiger partial charge is 0.339 e. The molecular formula is C11H11N3S. The van der Waals surface area contributed by atoms with E-state index in [0.717, 1.165) is 16.5 Å². The number of rotatable bonds is 3. The van der Waals surface area contributed by atoms with Gasteiger partial charge < -0.3 is 5.32 Å². The van der Waals surface area contributed by atoms with E-state index in [2.05, 4.69) is 15.3 Å². The lowest BCUT2D eigenvalue weighted by Crippen LogP contribution is -1.94. The van der Waals surface area contributed by atoms with Gasteiger partial charge in [0.25, 0.3) is 0 Å². The number of hydrogen-bond donors (Lipinski definition) is 1. The summed E-state index contributed by atoms with van der Waals surface area (Å²) in [7, 11) is 0. The zero-order valence-corrected chi connectivity index (χ0v) is 9.16. The Kier molecular flexibility index (Phi) is 3.19. The van der Waals surface area contributed by atoms with Crippen molar-refractivity contribution >= 4 is 23.3 Å². The smallest absolute Gasteiger partial charge is 0.150 e. The predicted molar refractivity (Wildman–Crippen MR) is 63.5 cm³/mol. The molecule has 76 valence electrons. The molecule has 0 amide bonds. The number of nitrogens with one attached hydrogen (secondary N) is 1. The zero-order valence-electron chi connectivity index (χ0n) is 8.34. The number of benzene rings is 1. The SMILES string of the molecule is CSc1cncc(Nc2ccccc2)n1. The van der Waals surface area contributed by atoms with Gasteiger partial charge in [-0.2, -0.15) is 0 Å². The molecule has 0 bridgehead atoms. The van der Waals surface area contributed by atoms with Crippen LogP contribution in [0.15, 0.2) is 47.8 Å². The molecule has 1 heterocycles. The van der Waals surface area contributed by atoms with Gasteiger partial charge in [-0.1, -0.05) is 18.2 Å². The van der Waals surface area contributed by atoms with E-state index in [4.69, 9.17) is 0 Å². The molecule has 0 aliphatic rings. The van der Waals surface area contributed by atoms with Crippen LogP contribution < -0.4 is 5.32 Å². The molecule has 0 aliphatic carbocycles.